The molecule has 5 nitrogen and oxygen atoms in total. The number of alkyl halides is 1. The summed E-state index contributed by atoms with van der Waals surface area (Å²) in [6.07, 6.45) is 0.751. The van der Waals surface area contributed by atoms with Crippen molar-refractivity contribution in [2.45, 2.75) is 11.2 Å². The topological polar surface area (TPSA) is 65.3 Å². The zero-order valence-corrected chi connectivity index (χ0v) is 12.0. The maximum absolute atomic E-state index is 10.7. The number of non-ortho nitro benzene ring substituents is 1. The van der Waals surface area contributed by atoms with Gasteiger partial charge in [0.05, 0.1) is 17.0 Å². The molecule has 0 fully saturated rings. The molecule has 2 aromatic rings. The third kappa shape index (κ3) is 3.48. The first-order valence-corrected chi connectivity index (χ1v) is 6.69. The number of nitro groups is 1. The summed E-state index contributed by atoms with van der Waals surface area (Å²) < 4.78 is 5.06. The van der Waals surface area contributed by atoms with Gasteiger partial charge in [0.1, 0.15) is 0 Å². The molecule has 1 atom stereocenters. The van der Waals surface area contributed by atoms with Gasteiger partial charge >= 0.3 is 0 Å². The van der Waals surface area contributed by atoms with Crippen molar-refractivity contribution in [1.82, 2.24) is 4.98 Å². The summed E-state index contributed by atoms with van der Waals surface area (Å²) in [6.45, 7) is 0.611. The van der Waals surface area contributed by atoms with Crippen molar-refractivity contribution < 1.29 is 9.66 Å². The van der Waals surface area contributed by atoms with Gasteiger partial charge in [0.25, 0.3) is 5.69 Å². The highest BCUT2D eigenvalue weighted by Crippen LogP contribution is 2.20. The van der Waals surface area contributed by atoms with Crippen LogP contribution >= 0.6 is 15.9 Å². The van der Waals surface area contributed by atoms with E-state index in [4.69, 9.17) is 4.74 Å². The molecule has 0 saturated heterocycles. The lowest BCUT2D eigenvalue weighted by atomic mass is 10.1. The van der Waals surface area contributed by atoms with Gasteiger partial charge in [-0.25, -0.2) is 0 Å². The Morgan fingerprint density at radius 2 is 2.21 bits per heavy atom. The van der Waals surface area contributed by atoms with Crippen LogP contribution in [0.25, 0.3) is 10.9 Å². The Bertz CT molecular complexity index is 603. The predicted octanol–water partition coefficient (Wildman–Crippen LogP) is 3.10. The first kappa shape index (κ1) is 13.9. The molecule has 0 amide bonds. The molecule has 1 aromatic carbocycles. The van der Waals surface area contributed by atoms with Crippen LogP contribution in [0.3, 0.4) is 0 Å². The number of aromatic nitrogens is 1. The first-order chi connectivity index (χ1) is 9.10. The summed E-state index contributed by atoms with van der Waals surface area (Å²) in [7, 11) is 1.65. The normalized spacial score (nSPS) is 12.5. The number of nitrogens with zero attached hydrogens (tertiary/aromatic N) is 2. The average Bonchev–Trinajstić information content (AvgIpc) is 2.38. The van der Waals surface area contributed by atoms with Crippen molar-refractivity contribution in [3.05, 3.63) is 46.1 Å². The van der Waals surface area contributed by atoms with Crippen LogP contribution in [0.5, 0.6) is 0 Å². The van der Waals surface area contributed by atoms with E-state index in [-0.39, 0.29) is 10.5 Å². The van der Waals surface area contributed by atoms with Crippen molar-refractivity contribution in [2.24, 2.45) is 0 Å². The van der Waals surface area contributed by atoms with Crippen LogP contribution < -0.4 is 0 Å². The molecule has 0 N–H and O–H groups in total. The number of fused-ring (bicyclic) bond motifs is 1. The smallest absolute Gasteiger partial charge is 0.270 e. The minimum Gasteiger partial charge on any atom is -0.384 e. The monoisotopic (exact) mass is 324 g/mol. The number of ether oxygens (including phenoxy) is 1. The quantitative estimate of drug-likeness (QED) is 0.481. The molecule has 6 heteroatoms. The van der Waals surface area contributed by atoms with Crippen LogP contribution in [0, 0.1) is 10.1 Å². The Morgan fingerprint density at radius 1 is 1.42 bits per heavy atom. The Morgan fingerprint density at radius 3 is 2.89 bits per heavy atom. The van der Waals surface area contributed by atoms with Crippen LogP contribution in [0.1, 0.15) is 5.69 Å². The molecule has 0 aliphatic heterocycles. The second-order valence-electron chi connectivity index (χ2n) is 4.19. The Balaban J connectivity index is 2.26. The van der Waals surface area contributed by atoms with Crippen molar-refractivity contribution in [3.63, 3.8) is 0 Å². The van der Waals surface area contributed by atoms with E-state index in [0.29, 0.717) is 6.61 Å². The van der Waals surface area contributed by atoms with E-state index in [0.717, 1.165) is 23.0 Å². The predicted molar refractivity (Wildman–Crippen MR) is 76.7 cm³/mol. The zero-order valence-electron chi connectivity index (χ0n) is 10.4. The number of hydrogen-bond donors (Lipinski definition) is 0. The van der Waals surface area contributed by atoms with Crippen LogP contribution in [0.2, 0.25) is 0 Å². The molecule has 0 saturated carbocycles. The third-order valence-electron chi connectivity index (χ3n) is 2.72. The maximum Gasteiger partial charge on any atom is 0.270 e. The highest BCUT2D eigenvalue weighted by molar-refractivity contribution is 9.09. The van der Waals surface area contributed by atoms with Crippen LogP contribution in [-0.2, 0) is 11.2 Å². The van der Waals surface area contributed by atoms with Gasteiger partial charge in [0, 0.05) is 41.6 Å². The highest BCUT2D eigenvalue weighted by Gasteiger charge is 2.09. The van der Waals surface area contributed by atoms with Gasteiger partial charge in [-0.15, -0.1) is 0 Å². The second kappa shape index (κ2) is 6.08. The molecule has 0 bridgehead atoms. The van der Waals surface area contributed by atoms with E-state index >= 15 is 0 Å². The largest absolute Gasteiger partial charge is 0.384 e. The van der Waals surface area contributed by atoms with Gasteiger partial charge in [-0.3, -0.25) is 15.1 Å². The summed E-state index contributed by atoms with van der Waals surface area (Å²) in [5.74, 6) is 0. The van der Waals surface area contributed by atoms with Crippen molar-refractivity contribution >= 4 is 32.5 Å². The molecule has 1 unspecified atom stereocenters. The molecule has 0 spiro atoms. The van der Waals surface area contributed by atoms with Gasteiger partial charge in [-0.1, -0.05) is 22.0 Å². The van der Waals surface area contributed by atoms with E-state index in [2.05, 4.69) is 20.9 Å². The fraction of sp³-hybridized carbons (Fsp3) is 0.308. The van der Waals surface area contributed by atoms with Crippen LogP contribution in [-0.4, -0.2) is 28.5 Å². The summed E-state index contributed by atoms with van der Waals surface area (Å²) in [6, 6.07) is 8.43. The Kier molecular flexibility index (Phi) is 4.44. The number of benzene rings is 1. The SMILES string of the molecule is COCC(Br)Cc1ccc2cc([N+](=O)[O-])ccc2n1. The minimum absolute atomic E-state index is 0.0831. The maximum atomic E-state index is 10.7. The lowest BCUT2D eigenvalue weighted by Gasteiger charge is -2.08. The highest BCUT2D eigenvalue weighted by atomic mass is 79.9. The standard InChI is InChI=1S/C13H13BrN2O3/c1-19-8-10(14)7-11-3-2-9-6-12(16(17)18)4-5-13(9)15-11/h2-6,10H,7-8H2,1H3. The number of methoxy groups -OCH3 is 1. The van der Waals surface area contributed by atoms with Crippen LogP contribution in [0.4, 0.5) is 5.69 Å². The lowest BCUT2D eigenvalue weighted by Crippen LogP contribution is -2.10. The van der Waals surface area contributed by atoms with Gasteiger partial charge in [0.2, 0.25) is 0 Å². The lowest BCUT2D eigenvalue weighted by molar-refractivity contribution is -0.384. The van der Waals surface area contributed by atoms with Gasteiger partial charge in [-0.05, 0) is 12.1 Å². The average molecular weight is 325 g/mol. The molecular weight excluding hydrogens is 312 g/mol. The first-order valence-electron chi connectivity index (χ1n) is 5.77. The van der Waals surface area contributed by atoms with E-state index in [9.17, 15) is 10.1 Å². The molecule has 2 rings (SSSR count). The number of nitro benzene ring substituents is 1. The minimum atomic E-state index is -0.402. The summed E-state index contributed by atoms with van der Waals surface area (Å²) in [5.41, 5.74) is 1.78. The van der Waals surface area contributed by atoms with E-state index in [1.165, 1.54) is 12.1 Å². The summed E-state index contributed by atoms with van der Waals surface area (Å²) >= 11 is 3.52. The second-order valence-corrected chi connectivity index (χ2v) is 5.49. The molecular formula is C13H13BrN2O3. The number of rotatable bonds is 5. The Labute approximate surface area is 118 Å². The summed E-state index contributed by atoms with van der Waals surface area (Å²) in [5, 5.41) is 11.5. The van der Waals surface area contributed by atoms with Crippen molar-refractivity contribution in [2.75, 3.05) is 13.7 Å². The van der Waals surface area contributed by atoms with E-state index < -0.39 is 4.92 Å². The van der Waals surface area contributed by atoms with E-state index in [1.807, 2.05) is 12.1 Å². The fourth-order valence-electron chi connectivity index (χ4n) is 1.85. The zero-order chi connectivity index (χ0) is 13.8. The van der Waals surface area contributed by atoms with Crippen LogP contribution in [0.15, 0.2) is 30.3 Å². The molecule has 0 aliphatic rings. The van der Waals surface area contributed by atoms with Crippen molar-refractivity contribution in [3.8, 4) is 0 Å². The van der Waals surface area contributed by atoms with Crippen molar-refractivity contribution in [1.29, 1.82) is 0 Å². The molecule has 1 heterocycles. The molecule has 100 valence electrons. The van der Waals surface area contributed by atoms with Gasteiger partial charge in [0.15, 0.2) is 0 Å². The Hall–Kier alpha value is -1.53. The molecule has 19 heavy (non-hydrogen) atoms. The number of hydrogen-bond acceptors (Lipinski definition) is 4. The van der Waals surface area contributed by atoms with Gasteiger partial charge in [-0.2, -0.15) is 0 Å². The number of halogens is 1. The summed E-state index contributed by atoms with van der Waals surface area (Å²) in [4.78, 5) is 15.0. The number of pyridine rings is 1. The van der Waals surface area contributed by atoms with Gasteiger partial charge < -0.3 is 4.74 Å². The molecule has 0 aliphatic carbocycles. The molecule has 0 radical (unpaired) electrons. The van der Waals surface area contributed by atoms with E-state index in [1.54, 1.807) is 13.2 Å². The third-order valence-corrected chi connectivity index (χ3v) is 3.31. The fourth-order valence-corrected chi connectivity index (χ4v) is 2.45. The molecule has 1 aromatic heterocycles.